The van der Waals surface area contributed by atoms with Crippen molar-refractivity contribution in [3.8, 4) is 0 Å². The molecule has 0 aromatic rings. The number of carboxylic acid groups (broad SMARTS) is 1. The quantitative estimate of drug-likeness (QED) is 0.742. The molecule has 2 amide bonds. The predicted octanol–water partition coefficient (Wildman–Crippen LogP) is 2.61. The zero-order valence-electron chi connectivity index (χ0n) is 13.2. The van der Waals surface area contributed by atoms with Crippen LogP contribution in [-0.2, 0) is 4.79 Å². The third-order valence-corrected chi connectivity index (χ3v) is 4.46. The van der Waals surface area contributed by atoms with Crippen molar-refractivity contribution in [3.63, 3.8) is 0 Å². The molecule has 1 fully saturated rings. The van der Waals surface area contributed by atoms with Crippen LogP contribution in [0, 0.1) is 17.3 Å². The number of carbonyl (C=O) groups is 2. The second kappa shape index (κ2) is 6.46. The molecule has 0 spiro atoms. The van der Waals surface area contributed by atoms with Gasteiger partial charge in [-0.2, -0.15) is 0 Å². The average Bonchev–Trinajstić information content (AvgIpc) is 2.65. The molecule has 0 aromatic heterocycles. The minimum Gasteiger partial charge on any atom is -0.480 e. The van der Waals surface area contributed by atoms with Gasteiger partial charge in [-0.3, -0.25) is 0 Å². The number of aliphatic carboxylic acids is 1. The second-order valence-electron chi connectivity index (χ2n) is 6.97. The summed E-state index contributed by atoms with van der Waals surface area (Å²) in [5, 5.41) is 14.7. The molecular formula is C15H28N2O3. The lowest BCUT2D eigenvalue weighted by Crippen LogP contribution is -2.54. The molecule has 0 saturated heterocycles. The summed E-state index contributed by atoms with van der Waals surface area (Å²) >= 11 is 0. The SMILES string of the molecule is CCC1CCC(NC(=O)NC(C(=O)O)C(C)(C)C)C1C. The van der Waals surface area contributed by atoms with E-state index >= 15 is 0 Å². The number of urea groups is 1. The van der Waals surface area contributed by atoms with Crippen LogP contribution in [0.25, 0.3) is 0 Å². The smallest absolute Gasteiger partial charge is 0.326 e. The number of carboxylic acids is 1. The summed E-state index contributed by atoms with van der Waals surface area (Å²) in [6, 6.07) is -1.11. The van der Waals surface area contributed by atoms with Crippen molar-refractivity contribution in [2.75, 3.05) is 0 Å². The van der Waals surface area contributed by atoms with Crippen LogP contribution in [0.2, 0.25) is 0 Å². The molecule has 20 heavy (non-hydrogen) atoms. The zero-order chi connectivity index (χ0) is 15.5. The number of hydrogen-bond donors (Lipinski definition) is 3. The molecular weight excluding hydrogens is 256 g/mol. The maximum absolute atomic E-state index is 12.0. The van der Waals surface area contributed by atoms with Crippen molar-refractivity contribution < 1.29 is 14.7 Å². The van der Waals surface area contributed by atoms with E-state index in [-0.39, 0.29) is 12.1 Å². The summed E-state index contributed by atoms with van der Waals surface area (Å²) < 4.78 is 0. The van der Waals surface area contributed by atoms with Crippen LogP contribution in [0.3, 0.4) is 0 Å². The lowest BCUT2D eigenvalue weighted by atomic mass is 9.87. The Morgan fingerprint density at radius 2 is 1.90 bits per heavy atom. The number of nitrogens with one attached hydrogen (secondary N) is 2. The molecule has 4 unspecified atom stereocenters. The third kappa shape index (κ3) is 4.12. The minimum absolute atomic E-state index is 0.148. The first-order valence-corrected chi connectivity index (χ1v) is 7.46. The van der Waals surface area contributed by atoms with Crippen LogP contribution < -0.4 is 10.6 Å². The molecule has 0 heterocycles. The average molecular weight is 284 g/mol. The normalized spacial score (nSPS) is 27.9. The topological polar surface area (TPSA) is 78.4 Å². The highest BCUT2D eigenvalue weighted by Gasteiger charge is 2.35. The summed E-state index contributed by atoms with van der Waals surface area (Å²) in [6.07, 6.45) is 3.23. The number of rotatable bonds is 4. The Hall–Kier alpha value is -1.26. The predicted molar refractivity (Wildman–Crippen MR) is 78.5 cm³/mol. The van der Waals surface area contributed by atoms with E-state index < -0.39 is 17.4 Å². The van der Waals surface area contributed by atoms with Gasteiger partial charge >= 0.3 is 12.0 Å². The Morgan fingerprint density at radius 1 is 1.30 bits per heavy atom. The fourth-order valence-electron chi connectivity index (χ4n) is 3.02. The molecule has 4 atom stereocenters. The molecule has 0 aliphatic heterocycles. The first kappa shape index (κ1) is 16.8. The fraction of sp³-hybridized carbons (Fsp3) is 0.867. The molecule has 116 valence electrons. The lowest BCUT2D eigenvalue weighted by Gasteiger charge is -2.29. The maximum Gasteiger partial charge on any atom is 0.326 e. The van der Waals surface area contributed by atoms with E-state index in [0.717, 1.165) is 19.3 Å². The monoisotopic (exact) mass is 284 g/mol. The van der Waals surface area contributed by atoms with Crippen LogP contribution in [0.15, 0.2) is 0 Å². The van der Waals surface area contributed by atoms with Gasteiger partial charge in [-0.15, -0.1) is 0 Å². The fourth-order valence-corrected chi connectivity index (χ4v) is 3.02. The zero-order valence-corrected chi connectivity index (χ0v) is 13.2. The van der Waals surface area contributed by atoms with Crippen molar-refractivity contribution in [2.45, 2.75) is 66.0 Å². The Bertz CT molecular complexity index is 363. The van der Waals surface area contributed by atoms with Gasteiger partial charge in [0, 0.05) is 6.04 Å². The van der Waals surface area contributed by atoms with Crippen LogP contribution in [-0.4, -0.2) is 29.2 Å². The van der Waals surface area contributed by atoms with Gasteiger partial charge in [0.2, 0.25) is 0 Å². The van der Waals surface area contributed by atoms with Gasteiger partial charge in [-0.25, -0.2) is 9.59 Å². The Kier molecular flexibility index (Phi) is 5.42. The first-order chi connectivity index (χ1) is 9.16. The molecule has 1 aliphatic rings. The lowest BCUT2D eigenvalue weighted by molar-refractivity contribution is -0.141. The highest BCUT2D eigenvalue weighted by atomic mass is 16.4. The van der Waals surface area contributed by atoms with Gasteiger partial charge in [0.15, 0.2) is 0 Å². The number of amides is 2. The van der Waals surface area contributed by atoms with Gasteiger partial charge in [0.1, 0.15) is 6.04 Å². The summed E-state index contributed by atoms with van der Waals surface area (Å²) in [5.74, 6) is 0.0976. The number of hydrogen-bond acceptors (Lipinski definition) is 2. The largest absolute Gasteiger partial charge is 0.480 e. The van der Waals surface area contributed by atoms with Crippen LogP contribution in [0.5, 0.6) is 0 Å². The standard InChI is InChI=1S/C15H28N2O3/c1-6-10-7-8-11(9(10)2)16-14(20)17-12(13(18)19)15(3,4)5/h9-12H,6-8H2,1-5H3,(H,18,19)(H2,16,17,20). The Morgan fingerprint density at radius 3 is 2.30 bits per heavy atom. The van der Waals surface area contributed by atoms with Gasteiger partial charge in [-0.1, -0.05) is 41.0 Å². The highest BCUT2D eigenvalue weighted by Crippen LogP contribution is 2.33. The molecule has 1 saturated carbocycles. The van der Waals surface area contributed by atoms with E-state index in [0.29, 0.717) is 11.8 Å². The minimum atomic E-state index is -1.00. The van der Waals surface area contributed by atoms with Crippen LogP contribution >= 0.6 is 0 Å². The highest BCUT2D eigenvalue weighted by molar-refractivity contribution is 5.83. The van der Waals surface area contributed by atoms with Gasteiger partial charge < -0.3 is 15.7 Å². The van der Waals surface area contributed by atoms with E-state index in [1.807, 2.05) is 0 Å². The Labute approximate surface area is 121 Å². The van der Waals surface area contributed by atoms with Gasteiger partial charge in [-0.05, 0) is 30.1 Å². The Balaban J connectivity index is 2.57. The van der Waals surface area contributed by atoms with Crippen molar-refractivity contribution in [1.29, 1.82) is 0 Å². The molecule has 1 aliphatic carbocycles. The molecule has 0 bridgehead atoms. The number of carbonyl (C=O) groups excluding carboxylic acids is 1. The van der Waals surface area contributed by atoms with Crippen molar-refractivity contribution in [3.05, 3.63) is 0 Å². The summed E-state index contributed by atoms with van der Waals surface area (Å²) in [6.45, 7) is 9.74. The molecule has 0 aromatic carbocycles. The van der Waals surface area contributed by atoms with Crippen LogP contribution in [0.1, 0.15) is 53.9 Å². The van der Waals surface area contributed by atoms with Crippen molar-refractivity contribution in [1.82, 2.24) is 10.6 Å². The van der Waals surface area contributed by atoms with E-state index in [1.165, 1.54) is 0 Å². The summed E-state index contributed by atoms with van der Waals surface area (Å²) in [4.78, 5) is 23.3. The van der Waals surface area contributed by atoms with E-state index in [2.05, 4.69) is 24.5 Å². The second-order valence-corrected chi connectivity index (χ2v) is 6.97. The molecule has 5 heteroatoms. The van der Waals surface area contributed by atoms with Gasteiger partial charge in [0.05, 0.1) is 0 Å². The van der Waals surface area contributed by atoms with Gasteiger partial charge in [0.25, 0.3) is 0 Å². The molecule has 3 N–H and O–H groups in total. The maximum atomic E-state index is 12.0. The third-order valence-electron chi connectivity index (χ3n) is 4.46. The summed E-state index contributed by atoms with van der Waals surface area (Å²) in [5.41, 5.74) is -0.517. The first-order valence-electron chi connectivity index (χ1n) is 7.46. The van der Waals surface area contributed by atoms with Crippen molar-refractivity contribution >= 4 is 12.0 Å². The molecule has 1 rings (SSSR count). The molecule has 5 nitrogen and oxygen atoms in total. The van der Waals surface area contributed by atoms with E-state index in [9.17, 15) is 14.7 Å². The van der Waals surface area contributed by atoms with E-state index in [4.69, 9.17) is 0 Å². The van der Waals surface area contributed by atoms with E-state index in [1.54, 1.807) is 20.8 Å². The van der Waals surface area contributed by atoms with Crippen LogP contribution in [0.4, 0.5) is 4.79 Å². The molecule has 0 radical (unpaired) electrons. The van der Waals surface area contributed by atoms with Crippen molar-refractivity contribution in [2.24, 2.45) is 17.3 Å². The summed E-state index contributed by atoms with van der Waals surface area (Å²) in [7, 11) is 0.